The van der Waals surface area contributed by atoms with Crippen LogP contribution < -0.4 is 5.32 Å². The first-order chi connectivity index (χ1) is 8.66. The lowest BCUT2D eigenvalue weighted by Gasteiger charge is -2.07. The fourth-order valence-electron chi connectivity index (χ4n) is 2.01. The van der Waals surface area contributed by atoms with Crippen LogP contribution in [0.3, 0.4) is 0 Å². The third-order valence-corrected chi connectivity index (χ3v) is 3.06. The van der Waals surface area contributed by atoms with E-state index in [0.717, 1.165) is 35.9 Å². The van der Waals surface area contributed by atoms with Crippen molar-refractivity contribution in [3.8, 4) is 0 Å². The number of H-pyrrole nitrogens is 1. The average molecular weight is 244 g/mol. The number of aromatic amines is 1. The fourth-order valence-corrected chi connectivity index (χ4v) is 2.01. The molecule has 2 aromatic rings. The van der Waals surface area contributed by atoms with E-state index in [1.807, 2.05) is 30.5 Å². The Kier molecular flexibility index (Phi) is 4.03. The van der Waals surface area contributed by atoms with Crippen LogP contribution in [0.15, 0.2) is 30.5 Å². The number of benzene rings is 1. The molecule has 0 aliphatic carbocycles. The summed E-state index contributed by atoms with van der Waals surface area (Å²) in [7, 11) is 0. The van der Waals surface area contributed by atoms with E-state index >= 15 is 0 Å². The molecule has 3 nitrogen and oxygen atoms in total. The molecule has 0 unspecified atom stereocenters. The molecule has 0 fully saturated rings. The summed E-state index contributed by atoms with van der Waals surface area (Å²) in [5.41, 5.74) is 1.79. The average Bonchev–Trinajstić information content (AvgIpc) is 2.81. The van der Waals surface area contributed by atoms with Gasteiger partial charge in [-0.05, 0) is 43.0 Å². The summed E-state index contributed by atoms with van der Waals surface area (Å²) in [4.78, 5) is 15.1. The van der Waals surface area contributed by atoms with E-state index < -0.39 is 0 Å². The molecule has 1 amide bonds. The summed E-state index contributed by atoms with van der Waals surface area (Å²) in [6.07, 6.45) is 4.07. The summed E-state index contributed by atoms with van der Waals surface area (Å²) in [6.45, 7) is 5.14. The van der Waals surface area contributed by atoms with E-state index in [4.69, 9.17) is 0 Å². The Morgan fingerprint density at radius 1 is 1.33 bits per heavy atom. The molecule has 2 N–H and O–H groups in total. The van der Waals surface area contributed by atoms with Crippen molar-refractivity contribution in [3.63, 3.8) is 0 Å². The van der Waals surface area contributed by atoms with Crippen LogP contribution in [-0.2, 0) is 0 Å². The second-order valence-electron chi connectivity index (χ2n) is 5.07. The lowest BCUT2D eigenvalue weighted by molar-refractivity contribution is 0.0952. The largest absolute Gasteiger partial charge is 0.361 e. The summed E-state index contributed by atoms with van der Waals surface area (Å²) in [5, 5.41) is 4.04. The Labute approximate surface area is 108 Å². The lowest BCUT2D eigenvalue weighted by atomic mass is 10.1. The van der Waals surface area contributed by atoms with Crippen LogP contribution in [-0.4, -0.2) is 17.4 Å². The quantitative estimate of drug-likeness (QED) is 0.778. The van der Waals surface area contributed by atoms with Crippen LogP contribution in [0.2, 0.25) is 0 Å². The van der Waals surface area contributed by atoms with E-state index in [1.165, 1.54) is 0 Å². The molecule has 0 bridgehead atoms. The van der Waals surface area contributed by atoms with Crippen LogP contribution >= 0.6 is 0 Å². The van der Waals surface area contributed by atoms with Gasteiger partial charge in [0.15, 0.2) is 0 Å². The third kappa shape index (κ3) is 3.13. The van der Waals surface area contributed by atoms with Crippen molar-refractivity contribution < 1.29 is 4.79 Å². The van der Waals surface area contributed by atoms with Crippen molar-refractivity contribution in [1.29, 1.82) is 0 Å². The maximum absolute atomic E-state index is 11.9. The van der Waals surface area contributed by atoms with Gasteiger partial charge in [0.2, 0.25) is 0 Å². The Morgan fingerprint density at radius 3 is 2.94 bits per heavy atom. The molecule has 0 saturated heterocycles. The normalized spacial score (nSPS) is 11.1. The van der Waals surface area contributed by atoms with Crippen molar-refractivity contribution in [2.24, 2.45) is 5.92 Å². The molecule has 0 aliphatic heterocycles. The number of aromatic nitrogens is 1. The molecule has 1 aromatic heterocycles. The molecular weight excluding hydrogens is 224 g/mol. The number of carbonyl (C=O) groups excluding carboxylic acids is 1. The minimum absolute atomic E-state index is 0.0156. The minimum atomic E-state index is 0.0156. The van der Waals surface area contributed by atoms with Gasteiger partial charge in [-0.2, -0.15) is 0 Å². The van der Waals surface area contributed by atoms with Crippen LogP contribution in [0.25, 0.3) is 10.9 Å². The molecular formula is C15H20N2O. The molecule has 0 saturated carbocycles. The van der Waals surface area contributed by atoms with Crippen molar-refractivity contribution in [2.45, 2.75) is 26.7 Å². The summed E-state index contributed by atoms with van der Waals surface area (Å²) >= 11 is 0. The maximum atomic E-state index is 11.9. The molecule has 0 atom stereocenters. The Balaban J connectivity index is 1.92. The maximum Gasteiger partial charge on any atom is 0.251 e. The van der Waals surface area contributed by atoms with Gasteiger partial charge in [-0.25, -0.2) is 0 Å². The number of rotatable bonds is 5. The topological polar surface area (TPSA) is 44.9 Å². The van der Waals surface area contributed by atoms with Crippen LogP contribution in [0.4, 0.5) is 0 Å². The number of fused-ring (bicyclic) bond motifs is 1. The number of amides is 1. The zero-order valence-corrected chi connectivity index (χ0v) is 11.0. The number of nitrogens with one attached hydrogen (secondary N) is 2. The molecule has 1 heterocycles. The zero-order chi connectivity index (χ0) is 13.0. The monoisotopic (exact) mass is 244 g/mol. The highest BCUT2D eigenvalue weighted by Gasteiger charge is 2.06. The van der Waals surface area contributed by atoms with Gasteiger partial charge in [-0.15, -0.1) is 0 Å². The van der Waals surface area contributed by atoms with E-state index in [2.05, 4.69) is 24.1 Å². The summed E-state index contributed by atoms with van der Waals surface area (Å²) < 4.78 is 0. The first-order valence-electron chi connectivity index (χ1n) is 6.52. The van der Waals surface area contributed by atoms with E-state index in [9.17, 15) is 4.79 Å². The zero-order valence-electron chi connectivity index (χ0n) is 11.0. The first-order valence-corrected chi connectivity index (χ1v) is 6.52. The summed E-state index contributed by atoms with van der Waals surface area (Å²) in [6, 6.07) is 7.70. The van der Waals surface area contributed by atoms with Gasteiger partial charge >= 0.3 is 0 Å². The van der Waals surface area contributed by atoms with Crippen LogP contribution in [0, 0.1) is 5.92 Å². The van der Waals surface area contributed by atoms with E-state index in [0.29, 0.717) is 5.92 Å². The molecule has 18 heavy (non-hydrogen) atoms. The van der Waals surface area contributed by atoms with Crippen LogP contribution in [0.5, 0.6) is 0 Å². The lowest BCUT2D eigenvalue weighted by Crippen LogP contribution is -2.24. The predicted molar refractivity (Wildman–Crippen MR) is 74.7 cm³/mol. The number of hydrogen-bond acceptors (Lipinski definition) is 1. The molecule has 2 rings (SSSR count). The van der Waals surface area contributed by atoms with Crippen molar-refractivity contribution in [3.05, 3.63) is 36.0 Å². The van der Waals surface area contributed by atoms with Crippen LogP contribution in [0.1, 0.15) is 37.0 Å². The second kappa shape index (κ2) is 5.71. The summed E-state index contributed by atoms with van der Waals surface area (Å²) in [5.74, 6) is 0.708. The molecule has 0 radical (unpaired) electrons. The third-order valence-electron chi connectivity index (χ3n) is 3.06. The smallest absolute Gasteiger partial charge is 0.251 e. The highest BCUT2D eigenvalue weighted by molar-refractivity contribution is 5.98. The minimum Gasteiger partial charge on any atom is -0.361 e. The van der Waals surface area contributed by atoms with Gasteiger partial charge in [0.25, 0.3) is 5.91 Å². The molecule has 3 heteroatoms. The van der Waals surface area contributed by atoms with Gasteiger partial charge < -0.3 is 10.3 Å². The highest BCUT2D eigenvalue weighted by Crippen LogP contribution is 2.14. The Bertz CT molecular complexity index is 528. The van der Waals surface area contributed by atoms with Gasteiger partial charge in [0.05, 0.1) is 0 Å². The van der Waals surface area contributed by atoms with E-state index in [-0.39, 0.29) is 5.91 Å². The van der Waals surface area contributed by atoms with Crippen molar-refractivity contribution >= 4 is 16.8 Å². The molecule has 1 aromatic carbocycles. The van der Waals surface area contributed by atoms with Crippen molar-refractivity contribution in [1.82, 2.24) is 10.3 Å². The van der Waals surface area contributed by atoms with Gasteiger partial charge in [-0.1, -0.05) is 13.8 Å². The number of carbonyl (C=O) groups is 1. The van der Waals surface area contributed by atoms with E-state index in [1.54, 1.807) is 0 Å². The SMILES string of the molecule is CC(C)CCCNC(=O)c1ccc2[nH]ccc2c1. The molecule has 0 spiro atoms. The van der Waals surface area contributed by atoms with Crippen molar-refractivity contribution in [2.75, 3.05) is 6.54 Å². The van der Waals surface area contributed by atoms with Gasteiger partial charge in [-0.3, -0.25) is 4.79 Å². The highest BCUT2D eigenvalue weighted by atomic mass is 16.1. The van der Waals surface area contributed by atoms with Gasteiger partial charge in [0, 0.05) is 29.2 Å². The fraction of sp³-hybridized carbons (Fsp3) is 0.400. The Morgan fingerprint density at radius 2 is 2.17 bits per heavy atom. The predicted octanol–water partition coefficient (Wildman–Crippen LogP) is 3.33. The van der Waals surface area contributed by atoms with Gasteiger partial charge in [0.1, 0.15) is 0 Å². The standard InChI is InChI=1S/C15H20N2O/c1-11(2)4-3-8-17-15(18)13-5-6-14-12(10-13)7-9-16-14/h5-7,9-11,16H,3-4,8H2,1-2H3,(H,17,18). The Hall–Kier alpha value is -1.77. The molecule has 96 valence electrons. The molecule has 0 aliphatic rings. The second-order valence-corrected chi connectivity index (χ2v) is 5.07. The number of hydrogen-bond donors (Lipinski definition) is 2. The first kappa shape index (κ1) is 12.7.